The highest BCUT2D eigenvalue weighted by atomic mass is 35.5. The van der Waals surface area contributed by atoms with E-state index in [1.165, 1.54) is 18.4 Å². The number of hydrogen-bond acceptors (Lipinski definition) is 4. The summed E-state index contributed by atoms with van der Waals surface area (Å²) in [5.74, 6) is 2.55. The number of benzene rings is 1. The highest BCUT2D eigenvalue weighted by Gasteiger charge is 2.40. The first-order valence-electron chi connectivity index (χ1n) is 15.9. The van der Waals surface area contributed by atoms with E-state index < -0.39 is 16.6 Å². The average Bonchev–Trinajstić information content (AvgIpc) is 3.73. The Hall–Kier alpha value is -1.61. The van der Waals surface area contributed by atoms with E-state index in [9.17, 15) is 0 Å². The molecule has 42 heavy (non-hydrogen) atoms. The van der Waals surface area contributed by atoms with Gasteiger partial charge in [-0.05, 0) is 110 Å². The molecule has 0 bridgehead atoms. The molecule has 2 aromatic rings. The van der Waals surface area contributed by atoms with Crippen molar-refractivity contribution >= 4 is 33.8 Å². The Bertz CT molecular complexity index is 1280. The maximum absolute atomic E-state index is 6.92. The number of pyridine rings is 1. The van der Waals surface area contributed by atoms with Gasteiger partial charge in [0.05, 0.1) is 17.8 Å². The van der Waals surface area contributed by atoms with Crippen LogP contribution < -0.4 is 9.16 Å². The molecule has 0 aliphatic heterocycles. The zero-order valence-corrected chi connectivity index (χ0v) is 30.7. The van der Waals surface area contributed by atoms with E-state index in [-0.39, 0.29) is 10.1 Å². The van der Waals surface area contributed by atoms with Gasteiger partial charge >= 0.3 is 0 Å². The molecule has 2 saturated carbocycles. The van der Waals surface area contributed by atoms with Crippen LogP contribution in [0, 0.1) is 5.92 Å². The predicted molar refractivity (Wildman–Crippen MR) is 183 cm³/mol. The summed E-state index contributed by atoms with van der Waals surface area (Å²) < 4.78 is 19.2. The number of hydrogen-bond donors (Lipinski definition) is 0. The molecule has 2 fully saturated rings. The first kappa shape index (κ1) is 33.3. The van der Waals surface area contributed by atoms with Crippen LogP contribution in [0.25, 0.3) is 5.57 Å². The Balaban J connectivity index is 1.64. The molecule has 0 radical (unpaired) electrons. The molecule has 1 aromatic heterocycles. The lowest BCUT2D eigenvalue weighted by Gasteiger charge is -2.41. The van der Waals surface area contributed by atoms with Gasteiger partial charge in [0.25, 0.3) is 8.32 Å². The van der Waals surface area contributed by atoms with Crippen molar-refractivity contribution in [3.63, 3.8) is 0 Å². The van der Waals surface area contributed by atoms with Crippen LogP contribution in [0.3, 0.4) is 0 Å². The van der Waals surface area contributed by atoms with Gasteiger partial charge in [0, 0.05) is 17.2 Å². The van der Waals surface area contributed by atoms with Crippen LogP contribution in [-0.2, 0) is 4.43 Å². The van der Waals surface area contributed by atoms with Gasteiger partial charge in [-0.1, -0.05) is 71.4 Å². The molecule has 0 spiro atoms. The lowest BCUT2D eigenvalue weighted by Crippen LogP contribution is -2.44. The van der Waals surface area contributed by atoms with Gasteiger partial charge in [0.2, 0.25) is 5.88 Å². The van der Waals surface area contributed by atoms with Crippen molar-refractivity contribution < 1.29 is 13.6 Å². The summed E-state index contributed by atoms with van der Waals surface area (Å²) in [6.45, 7) is 23.0. The summed E-state index contributed by atoms with van der Waals surface area (Å²) in [6.07, 6.45) is 9.63. The fourth-order valence-corrected chi connectivity index (χ4v) is 7.92. The van der Waals surface area contributed by atoms with Crippen molar-refractivity contribution in [2.75, 3.05) is 7.11 Å². The Morgan fingerprint density at radius 2 is 1.48 bits per heavy atom. The van der Waals surface area contributed by atoms with Gasteiger partial charge in [-0.25, -0.2) is 4.98 Å². The van der Waals surface area contributed by atoms with Crippen molar-refractivity contribution in [2.45, 2.75) is 128 Å². The second-order valence-electron chi connectivity index (χ2n) is 15.6. The quantitative estimate of drug-likeness (QED) is 0.259. The van der Waals surface area contributed by atoms with Gasteiger partial charge in [0.15, 0.2) is 8.32 Å². The fraction of sp³-hybridized carbons (Fsp3) is 0.629. The van der Waals surface area contributed by atoms with Crippen molar-refractivity contribution in [2.24, 2.45) is 5.92 Å². The highest BCUT2D eigenvalue weighted by molar-refractivity contribution is 6.75. The van der Waals surface area contributed by atoms with Crippen LogP contribution in [0.4, 0.5) is 0 Å². The van der Waals surface area contributed by atoms with Crippen LogP contribution in [0.5, 0.6) is 11.6 Å². The number of ether oxygens (including phenoxy) is 1. The molecule has 232 valence electrons. The molecular weight excluding hydrogens is 574 g/mol. The fourth-order valence-electron chi connectivity index (χ4n) is 5.18. The summed E-state index contributed by atoms with van der Waals surface area (Å²) in [7, 11) is -2.06. The Morgan fingerprint density at radius 3 is 2.00 bits per heavy atom. The number of allylic oxidation sites excluding steroid dienone is 1. The van der Waals surface area contributed by atoms with Gasteiger partial charge in [-0.15, -0.1) is 0 Å². The van der Waals surface area contributed by atoms with E-state index in [1.807, 2.05) is 6.07 Å². The molecule has 4 rings (SSSR count). The third-order valence-electron chi connectivity index (χ3n) is 10.2. The van der Waals surface area contributed by atoms with Crippen LogP contribution in [0.15, 0.2) is 36.4 Å². The lowest BCUT2D eigenvalue weighted by atomic mass is 9.84. The van der Waals surface area contributed by atoms with Crippen molar-refractivity contribution in [1.82, 2.24) is 4.98 Å². The van der Waals surface area contributed by atoms with Crippen LogP contribution in [0.2, 0.25) is 41.3 Å². The molecule has 1 aromatic carbocycles. The van der Waals surface area contributed by atoms with Gasteiger partial charge in [0.1, 0.15) is 5.75 Å². The summed E-state index contributed by atoms with van der Waals surface area (Å²) >= 11 is 6.92. The van der Waals surface area contributed by atoms with E-state index in [2.05, 4.69) is 98.1 Å². The normalized spacial score (nSPS) is 20.9. The highest BCUT2D eigenvalue weighted by Crippen LogP contribution is 2.45. The Morgan fingerprint density at radius 1 is 0.857 bits per heavy atom. The van der Waals surface area contributed by atoms with Crippen molar-refractivity contribution in [3.8, 4) is 11.6 Å². The number of halogens is 1. The van der Waals surface area contributed by atoms with Gasteiger partial charge < -0.3 is 13.6 Å². The monoisotopic (exact) mass is 627 g/mol. The minimum absolute atomic E-state index is 0.0942. The molecule has 0 amide bonds. The number of methoxy groups -OCH3 is 1. The molecule has 0 atom stereocenters. The minimum Gasteiger partial charge on any atom is -0.543 e. The summed E-state index contributed by atoms with van der Waals surface area (Å²) in [6, 6.07) is 10.6. The maximum Gasteiger partial charge on any atom is 0.250 e. The zero-order chi connectivity index (χ0) is 31.1. The van der Waals surface area contributed by atoms with E-state index in [0.29, 0.717) is 23.0 Å². The van der Waals surface area contributed by atoms with E-state index in [1.54, 1.807) is 7.11 Å². The van der Waals surface area contributed by atoms with Crippen LogP contribution in [-0.4, -0.2) is 34.8 Å². The minimum atomic E-state index is -2.02. The van der Waals surface area contributed by atoms with Crippen LogP contribution in [0.1, 0.15) is 103 Å². The first-order valence-corrected chi connectivity index (χ1v) is 22.0. The van der Waals surface area contributed by atoms with E-state index in [4.69, 9.17) is 30.2 Å². The largest absolute Gasteiger partial charge is 0.543 e. The maximum atomic E-state index is 6.92. The topological polar surface area (TPSA) is 40.6 Å². The molecular formula is C35H54ClNO3Si2. The second kappa shape index (κ2) is 12.4. The van der Waals surface area contributed by atoms with Crippen LogP contribution >= 0.6 is 11.6 Å². The number of nitrogens with zero attached hydrogens (tertiary/aromatic N) is 1. The molecule has 7 heteroatoms. The molecule has 2 aliphatic carbocycles. The Kier molecular flexibility index (Phi) is 9.84. The number of rotatable bonds is 9. The van der Waals surface area contributed by atoms with Gasteiger partial charge in [-0.2, -0.15) is 0 Å². The third kappa shape index (κ3) is 7.72. The predicted octanol–water partition coefficient (Wildman–Crippen LogP) is 11.0. The smallest absolute Gasteiger partial charge is 0.250 e. The van der Waals surface area contributed by atoms with E-state index in [0.717, 1.165) is 54.1 Å². The Labute approximate surface area is 262 Å². The SMILES string of the molecule is COc1nc(/C(=C/C2CCC(O[Si](C)(C)C(C)(C)C)CC2)c2ccc(O[Si](C)(C)C(C)(C)C)c(Cl)c2)ccc1C1CC1. The molecule has 0 saturated heterocycles. The first-order chi connectivity index (χ1) is 19.4. The van der Waals surface area contributed by atoms with Crippen molar-refractivity contribution in [1.29, 1.82) is 0 Å². The molecule has 0 N–H and O–H groups in total. The molecule has 2 aliphatic rings. The number of aromatic nitrogens is 1. The standard InChI is InChI=1S/C35H54ClNO3Si2/c1-34(2,3)41(8,9)39-27-17-12-24(13-18-27)22-29(31-20-19-28(25-14-15-25)33(37-31)38-7)26-16-21-32(30(36)23-26)40-42(10,11)35(4,5)6/h16,19-25,27H,12-15,17-18H2,1-11H3/b29-22+. The lowest BCUT2D eigenvalue weighted by molar-refractivity contribution is 0.125. The molecule has 1 heterocycles. The summed E-state index contributed by atoms with van der Waals surface area (Å²) in [5.41, 5.74) is 4.34. The van der Waals surface area contributed by atoms with Gasteiger partial charge in [-0.3, -0.25) is 0 Å². The molecule has 0 unspecified atom stereocenters. The third-order valence-corrected chi connectivity index (χ3v) is 19.4. The van der Waals surface area contributed by atoms with E-state index >= 15 is 0 Å². The summed E-state index contributed by atoms with van der Waals surface area (Å²) in [4.78, 5) is 5.05. The summed E-state index contributed by atoms with van der Waals surface area (Å²) in [5, 5.41) is 0.974. The second-order valence-corrected chi connectivity index (χ2v) is 25.5. The zero-order valence-electron chi connectivity index (χ0n) is 28.0. The van der Waals surface area contributed by atoms with Crippen molar-refractivity contribution in [3.05, 3.63) is 58.3 Å². The average molecular weight is 628 g/mol. The molecule has 4 nitrogen and oxygen atoms in total.